The number of carbonyl (C=O) groups excluding carboxylic acids is 1. The average molecular weight is 313 g/mol. The van der Waals surface area contributed by atoms with Gasteiger partial charge in [-0.1, -0.05) is 6.92 Å². The van der Waals surface area contributed by atoms with Crippen molar-refractivity contribution >= 4 is 17.6 Å². The second kappa shape index (κ2) is 7.10. The fourth-order valence-corrected chi connectivity index (χ4v) is 1.86. The highest BCUT2D eigenvalue weighted by molar-refractivity contribution is 5.67. The molecule has 0 fully saturated rings. The van der Waals surface area contributed by atoms with Crippen LogP contribution in [-0.4, -0.2) is 39.5 Å². The van der Waals surface area contributed by atoms with Crippen molar-refractivity contribution in [3.63, 3.8) is 0 Å². The van der Waals surface area contributed by atoms with Gasteiger partial charge in [0.25, 0.3) is 0 Å². The number of aryl methyl sites for hydroxylation is 2. The number of ether oxygens (including phenoxy) is 1. The van der Waals surface area contributed by atoms with Crippen LogP contribution in [0.3, 0.4) is 0 Å². The lowest BCUT2D eigenvalue weighted by atomic mass is 10.2. The first-order chi connectivity index (χ1) is 10.2. The van der Waals surface area contributed by atoms with E-state index in [4.69, 9.17) is 4.74 Å². The van der Waals surface area contributed by atoms with Crippen LogP contribution >= 0.6 is 0 Å². The van der Waals surface area contributed by atoms with Crippen LogP contribution in [0.4, 0.5) is 16.3 Å². The quantitative estimate of drug-likeness (QED) is 0.471. The Hall–Kier alpha value is -2.32. The molecule has 1 amide bonds. The summed E-state index contributed by atoms with van der Waals surface area (Å²) < 4.78 is 6.53. The SMILES string of the molecule is CCc1nn(C)c(NCCNC(=O)OC(C)(C)C)c1[N+](=O)[O-]. The zero-order valence-corrected chi connectivity index (χ0v) is 13.6. The maximum atomic E-state index is 11.5. The molecule has 0 spiro atoms. The van der Waals surface area contributed by atoms with E-state index in [0.717, 1.165) is 0 Å². The number of nitro groups is 1. The molecule has 1 aromatic heterocycles. The Bertz CT molecular complexity index is 547. The second-order valence-electron chi connectivity index (χ2n) is 5.73. The first-order valence-electron chi connectivity index (χ1n) is 7.06. The number of nitrogens with one attached hydrogen (secondary N) is 2. The van der Waals surface area contributed by atoms with Gasteiger partial charge in [0.1, 0.15) is 11.3 Å². The van der Waals surface area contributed by atoms with Crippen molar-refractivity contribution in [2.24, 2.45) is 7.05 Å². The van der Waals surface area contributed by atoms with Gasteiger partial charge < -0.3 is 15.4 Å². The molecule has 22 heavy (non-hydrogen) atoms. The van der Waals surface area contributed by atoms with E-state index in [1.54, 1.807) is 27.8 Å². The number of carbonyl (C=O) groups is 1. The van der Waals surface area contributed by atoms with E-state index in [-0.39, 0.29) is 12.2 Å². The molecule has 0 atom stereocenters. The molecule has 0 aromatic carbocycles. The van der Waals surface area contributed by atoms with Crippen LogP contribution < -0.4 is 10.6 Å². The minimum atomic E-state index is -0.561. The third-order valence-electron chi connectivity index (χ3n) is 2.70. The lowest BCUT2D eigenvalue weighted by Gasteiger charge is -2.19. The highest BCUT2D eigenvalue weighted by Gasteiger charge is 2.25. The van der Waals surface area contributed by atoms with Crippen LogP contribution in [-0.2, 0) is 18.2 Å². The van der Waals surface area contributed by atoms with Crippen LogP contribution in [0.2, 0.25) is 0 Å². The van der Waals surface area contributed by atoms with Gasteiger partial charge in [0.05, 0.1) is 4.92 Å². The molecule has 0 aliphatic rings. The van der Waals surface area contributed by atoms with E-state index < -0.39 is 16.6 Å². The standard InChI is InChI=1S/C13H23N5O4/c1-6-9-10(18(20)21)11(17(5)16-9)14-7-8-15-12(19)22-13(2,3)4/h14H,6-8H2,1-5H3,(H,15,19). The van der Waals surface area contributed by atoms with Gasteiger partial charge in [-0.3, -0.25) is 10.1 Å². The molecule has 0 radical (unpaired) electrons. The molecule has 9 nitrogen and oxygen atoms in total. The number of rotatable bonds is 6. The maximum absolute atomic E-state index is 11.5. The summed E-state index contributed by atoms with van der Waals surface area (Å²) in [7, 11) is 1.63. The summed E-state index contributed by atoms with van der Waals surface area (Å²) in [6, 6.07) is 0. The zero-order chi connectivity index (χ0) is 16.9. The minimum Gasteiger partial charge on any atom is -0.444 e. The Kier molecular flexibility index (Phi) is 5.72. The fourth-order valence-electron chi connectivity index (χ4n) is 1.86. The molecule has 124 valence electrons. The lowest BCUT2D eigenvalue weighted by molar-refractivity contribution is -0.384. The van der Waals surface area contributed by atoms with Crippen molar-refractivity contribution in [3.05, 3.63) is 15.8 Å². The Balaban J connectivity index is 2.57. The van der Waals surface area contributed by atoms with Crippen LogP contribution in [0, 0.1) is 10.1 Å². The first kappa shape index (κ1) is 17.7. The van der Waals surface area contributed by atoms with Crippen LogP contribution in [0.1, 0.15) is 33.4 Å². The lowest BCUT2D eigenvalue weighted by Crippen LogP contribution is -2.35. The molecule has 1 heterocycles. The van der Waals surface area contributed by atoms with Gasteiger partial charge in [-0.15, -0.1) is 0 Å². The molecule has 2 N–H and O–H groups in total. The van der Waals surface area contributed by atoms with Crippen molar-refractivity contribution in [1.29, 1.82) is 0 Å². The van der Waals surface area contributed by atoms with Gasteiger partial charge >= 0.3 is 11.8 Å². The Labute approximate surface area is 129 Å². The molecule has 0 aliphatic heterocycles. The molecule has 0 saturated heterocycles. The van der Waals surface area contributed by atoms with E-state index in [1.165, 1.54) is 4.68 Å². The monoisotopic (exact) mass is 313 g/mol. The summed E-state index contributed by atoms with van der Waals surface area (Å²) in [5, 5.41) is 20.7. The molecule has 1 rings (SSSR count). The molecule has 9 heteroatoms. The summed E-state index contributed by atoms with van der Waals surface area (Å²) in [5.74, 6) is 0.327. The smallest absolute Gasteiger partial charge is 0.407 e. The normalized spacial score (nSPS) is 11.1. The second-order valence-corrected chi connectivity index (χ2v) is 5.73. The third-order valence-corrected chi connectivity index (χ3v) is 2.70. The van der Waals surface area contributed by atoms with Crippen molar-refractivity contribution in [1.82, 2.24) is 15.1 Å². The Morgan fingerprint density at radius 3 is 2.55 bits per heavy atom. The van der Waals surface area contributed by atoms with E-state index in [9.17, 15) is 14.9 Å². The van der Waals surface area contributed by atoms with Crippen molar-refractivity contribution < 1.29 is 14.5 Å². The minimum absolute atomic E-state index is 0.0257. The molecule has 0 bridgehead atoms. The summed E-state index contributed by atoms with van der Waals surface area (Å²) in [4.78, 5) is 22.2. The first-order valence-corrected chi connectivity index (χ1v) is 7.06. The summed E-state index contributed by atoms with van der Waals surface area (Å²) in [6.45, 7) is 7.73. The molecular weight excluding hydrogens is 290 g/mol. The number of aromatic nitrogens is 2. The van der Waals surface area contributed by atoms with Gasteiger partial charge in [0.2, 0.25) is 5.82 Å². The predicted octanol–water partition coefficient (Wildman–Crippen LogP) is 1.83. The highest BCUT2D eigenvalue weighted by atomic mass is 16.6. The van der Waals surface area contributed by atoms with Crippen LogP contribution in [0.25, 0.3) is 0 Å². The number of amides is 1. The molecular formula is C13H23N5O4. The summed E-state index contributed by atoms with van der Waals surface area (Å²) in [5.41, 5.74) is -0.161. The van der Waals surface area contributed by atoms with Crippen LogP contribution in [0.5, 0.6) is 0 Å². The van der Waals surface area contributed by atoms with E-state index >= 15 is 0 Å². The number of hydrogen-bond donors (Lipinski definition) is 2. The van der Waals surface area contributed by atoms with E-state index in [1.807, 2.05) is 6.92 Å². The Morgan fingerprint density at radius 1 is 1.41 bits per heavy atom. The highest BCUT2D eigenvalue weighted by Crippen LogP contribution is 2.27. The van der Waals surface area contributed by atoms with Crippen molar-refractivity contribution in [3.8, 4) is 0 Å². The number of anilines is 1. The maximum Gasteiger partial charge on any atom is 0.407 e. The molecule has 0 saturated carbocycles. The molecule has 0 aliphatic carbocycles. The third kappa shape index (κ3) is 4.90. The summed E-state index contributed by atoms with van der Waals surface area (Å²) in [6.07, 6.45) is -0.0508. The van der Waals surface area contributed by atoms with Crippen LogP contribution in [0.15, 0.2) is 0 Å². The van der Waals surface area contributed by atoms with Gasteiger partial charge in [-0.2, -0.15) is 5.10 Å². The van der Waals surface area contributed by atoms with Crippen molar-refractivity contribution in [2.45, 2.75) is 39.7 Å². The van der Waals surface area contributed by atoms with Gasteiger partial charge in [-0.25, -0.2) is 9.48 Å². The number of hydrogen-bond acceptors (Lipinski definition) is 6. The molecule has 1 aromatic rings. The van der Waals surface area contributed by atoms with Crippen molar-refractivity contribution in [2.75, 3.05) is 18.4 Å². The molecule has 0 unspecified atom stereocenters. The predicted molar refractivity (Wildman–Crippen MR) is 82.0 cm³/mol. The fraction of sp³-hybridized carbons (Fsp3) is 0.692. The van der Waals surface area contributed by atoms with Gasteiger partial charge in [0, 0.05) is 20.1 Å². The van der Waals surface area contributed by atoms with E-state index in [0.29, 0.717) is 24.5 Å². The summed E-state index contributed by atoms with van der Waals surface area (Å²) >= 11 is 0. The average Bonchev–Trinajstić information content (AvgIpc) is 2.69. The van der Waals surface area contributed by atoms with Gasteiger partial charge in [-0.05, 0) is 27.2 Å². The largest absolute Gasteiger partial charge is 0.444 e. The van der Waals surface area contributed by atoms with Gasteiger partial charge in [0.15, 0.2) is 0 Å². The topological polar surface area (TPSA) is 111 Å². The number of alkyl carbamates (subject to hydrolysis) is 1. The number of nitrogens with zero attached hydrogens (tertiary/aromatic N) is 3. The zero-order valence-electron chi connectivity index (χ0n) is 13.6. The van der Waals surface area contributed by atoms with E-state index in [2.05, 4.69) is 15.7 Å². The Morgan fingerprint density at radius 2 is 2.05 bits per heavy atom.